The monoisotopic (exact) mass is 252 g/mol. The van der Waals surface area contributed by atoms with Crippen molar-refractivity contribution in [2.24, 2.45) is 0 Å². The number of Topliss-reactive ketones (excluding diaryl/α,β-unsaturated/α-hetero) is 1. The SMILES string of the molecule is COc1ccc2cc(C(=O)CS(C)=O)oc2c1. The van der Waals surface area contributed by atoms with Gasteiger partial charge in [0, 0.05) is 28.5 Å². The summed E-state index contributed by atoms with van der Waals surface area (Å²) in [5.74, 6) is 0.645. The van der Waals surface area contributed by atoms with Gasteiger partial charge in [0.1, 0.15) is 11.3 Å². The van der Waals surface area contributed by atoms with E-state index in [1.54, 1.807) is 25.3 Å². The van der Waals surface area contributed by atoms with E-state index in [4.69, 9.17) is 9.15 Å². The smallest absolute Gasteiger partial charge is 0.210 e. The van der Waals surface area contributed by atoms with Gasteiger partial charge >= 0.3 is 0 Å². The summed E-state index contributed by atoms with van der Waals surface area (Å²) < 4.78 is 21.4. The zero-order valence-electron chi connectivity index (χ0n) is 9.56. The molecule has 2 aromatic rings. The molecule has 1 aromatic heterocycles. The second kappa shape index (κ2) is 4.71. The predicted molar refractivity (Wildman–Crippen MR) is 66.0 cm³/mol. The third-order valence-electron chi connectivity index (χ3n) is 2.34. The first-order valence-electron chi connectivity index (χ1n) is 5.01. The summed E-state index contributed by atoms with van der Waals surface area (Å²) in [6, 6.07) is 6.99. The average Bonchev–Trinajstić information content (AvgIpc) is 2.70. The molecule has 0 N–H and O–H groups in total. The van der Waals surface area contributed by atoms with Crippen molar-refractivity contribution in [1.82, 2.24) is 0 Å². The Morgan fingerprint density at radius 1 is 1.41 bits per heavy atom. The van der Waals surface area contributed by atoms with Crippen LogP contribution in [-0.4, -0.2) is 29.1 Å². The first-order chi connectivity index (χ1) is 8.10. The topological polar surface area (TPSA) is 56.5 Å². The van der Waals surface area contributed by atoms with Crippen LogP contribution in [-0.2, 0) is 10.8 Å². The largest absolute Gasteiger partial charge is 0.497 e. The number of hydrogen-bond acceptors (Lipinski definition) is 4. The highest BCUT2D eigenvalue weighted by Gasteiger charge is 2.13. The predicted octanol–water partition coefficient (Wildman–Crippen LogP) is 2.00. The molecule has 1 atom stereocenters. The van der Waals surface area contributed by atoms with E-state index in [0.717, 1.165) is 5.39 Å². The van der Waals surface area contributed by atoms with E-state index in [1.807, 2.05) is 6.07 Å². The molecule has 2 rings (SSSR count). The fourth-order valence-electron chi connectivity index (χ4n) is 1.53. The summed E-state index contributed by atoms with van der Waals surface area (Å²) in [6.45, 7) is 0. The van der Waals surface area contributed by atoms with Gasteiger partial charge < -0.3 is 9.15 Å². The zero-order valence-corrected chi connectivity index (χ0v) is 10.4. The van der Waals surface area contributed by atoms with Gasteiger partial charge in [0.2, 0.25) is 5.78 Å². The quantitative estimate of drug-likeness (QED) is 0.781. The Balaban J connectivity index is 2.37. The number of ether oxygens (including phenoxy) is 1. The first-order valence-corrected chi connectivity index (χ1v) is 6.73. The zero-order chi connectivity index (χ0) is 12.4. The minimum Gasteiger partial charge on any atom is -0.497 e. The molecular weight excluding hydrogens is 240 g/mol. The molecule has 0 amide bonds. The first kappa shape index (κ1) is 11.9. The number of benzene rings is 1. The lowest BCUT2D eigenvalue weighted by Gasteiger charge is -1.96. The van der Waals surface area contributed by atoms with Crippen molar-refractivity contribution in [1.29, 1.82) is 0 Å². The molecule has 0 aliphatic carbocycles. The maximum atomic E-state index is 11.7. The third kappa shape index (κ3) is 2.55. The highest BCUT2D eigenvalue weighted by molar-refractivity contribution is 7.85. The molecule has 0 spiro atoms. The fraction of sp³-hybridized carbons (Fsp3) is 0.250. The van der Waals surface area contributed by atoms with Gasteiger partial charge in [-0.1, -0.05) is 0 Å². The Hall–Kier alpha value is -1.62. The second-order valence-electron chi connectivity index (χ2n) is 3.66. The highest BCUT2D eigenvalue weighted by Crippen LogP contribution is 2.24. The minimum absolute atomic E-state index is 0.0169. The van der Waals surface area contributed by atoms with E-state index in [1.165, 1.54) is 6.26 Å². The van der Waals surface area contributed by atoms with Crippen LogP contribution in [0.2, 0.25) is 0 Å². The van der Waals surface area contributed by atoms with Crippen LogP contribution < -0.4 is 4.74 Å². The summed E-state index contributed by atoms with van der Waals surface area (Å²) in [6.07, 6.45) is 1.49. The number of furan rings is 1. The van der Waals surface area contributed by atoms with Gasteiger partial charge in [0.05, 0.1) is 12.9 Å². The molecule has 1 heterocycles. The van der Waals surface area contributed by atoms with E-state index in [2.05, 4.69) is 0 Å². The van der Waals surface area contributed by atoms with Crippen LogP contribution in [0.3, 0.4) is 0 Å². The number of carbonyl (C=O) groups is 1. The highest BCUT2D eigenvalue weighted by atomic mass is 32.2. The molecule has 90 valence electrons. The summed E-state index contributed by atoms with van der Waals surface area (Å²) in [5.41, 5.74) is 0.592. The van der Waals surface area contributed by atoms with Gasteiger partial charge in [-0.3, -0.25) is 9.00 Å². The molecule has 0 aliphatic heterocycles. The van der Waals surface area contributed by atoms with Gasteiger partial charge in [-0.05, 0) is 18.2 Å². The van der Waals surface area contributed by atoms with Gasteiger partial charge in [0.15, 0.2) is 5.76 Å². The molecule has 0 fully saturated rings. The Bertz CT molecular complexity index is 585. The summed E-state index contributed by atoms with van der Waals surface area (Å²) >= 11 is 0. The van der Waals surface area contributed by atoms with E-state index in [-0.39, 0.29) is 17.3 Å². The number of fused-ring (bicyclic) bond motifs is 1. The third-order valence-corrected chi connectivity index (χ3v) is 3.01. The van der Waals surface area contributed by atoms with Crippen molar-refractivity contribution in [2.45, 2.75) is 0 Å². The van der Waals surface area contributed by atoms with Crippen LogP contribution in [0.1, 0.15) is 10.6 Å². The second-order valence-corrected chi connectivity index (χ2v) is 5.09. The minimum atomic E-state index is -1.16. The van der Waals surface area contributed by atoms with Gasteiger partial charge in [-0.2, -0.15) is 0 Å². The summed E-state index contributed by atoms with van der Waals surface area (Å²) in [7, 11) is 0.408. The fourth-order valence-corrected chi connectivity index (χ4v) is 2.04. The van der Waals surface area contributed by atoms with Crippen molar-refractivity contribution in [3.63, 3.8) is 0 Å². The van der Waals surface area contributed by atoms with Crippen molar-refractivity contribution in [3.05, 3.63) is 30.0 Å². The number of methoxy groups -OCH3 is 1. The standard InChI is InChI=1S/C12H12O4S/c1-15-9-4-3-8-5-12(16-11(8)6-9)10(13)7-17(2)14/h3-6H,7H2,1-2H3. The van der Waals surface area contributed by atoms with Crippen molar-refractivity contribution in [2.75, 3.05) is 19.1 Å². The Morgan fingerprint density at radius 2 is 2.18 bits per heavy atom. The summed E-state index contributed by atoms with van der Waals surface area (Å²) in [5, 5.41) is 0.830. The molecule has 4 nitrogen and oxygen atoms in total. The van der Waals surface area contributed by atoms with E-state index >= 15 is 0 Å². The normalized spacial score (nSPS) is 12.6. The molecule has 0 saturated carbocycles. The number of ketones is 1. The number of hydrogen-bond donors (Lipinski definition) is 0. The molecule has 5 heteroatoms. The van der Waals surface area contributed by atoms with Crippen LogP contribution in [0, 0.1) is 0 Å². The van der Waals surface area contributed by atoms with Gasteiger partial charge in [-0.15, -0.1) is 0 Å². The lowest BCUT2D eigenvalue weighted by atomic mass is 10.2. The van der Waals surface area contributed by atoms with Crippen molar-refractivity contribution in [3.8, 4) is 5.75 Å². The maximum absolute atomic E-state index is 11.7. The van der Waals surface area contributed by atoms with Crippen LogP contribution >= 0.6 is 0 Å². The number of carbonyl (C=O) groups excluding carboxylic acids is 1. The Kier molecular flexibility index (Phi) is 3.28. The van der Waals surface area contributed by atoms with Crippen LogP contribution in [0.4, 0.5) is 0 Å². The van der Waals surface area contributed by atoms with Crippen LogP contribution in [0.5, 0.6) is 5.75 Å². The van der Waals surface area contributed by atoms with E-state index < -0.39 is 10.8 Å². The van der Waals surface area contributed by atoms with E-state index in [9.17, 15) is 9.00 Å². The summed E-state index contributed by atoms with van der Waals surface area (Å²) in [4.78, 5) is 11.7. The molecule has 0 saturated heterocycles. The Labute approximate surface area is 101 Å². The molecular formula is C12H12O4S. The Morgan fingerprint density at radius 3 is 2.82 bits per heavy atom. The molecule has 17 heavy (non-hydrogen) atoms. The van der Waals surface area contributed by atoms with E-state index in [0.29, 0.717) is 11.3 Å². The molecule has 0 radical (unpaired) electrons. The lowest BCUT2D eigenvalue weighted by Crippen LogP contribution is -2.08. The molecule has 0 aliphatic rings. The lowest BCUT2D eigenvalue weighted by molar-refractivity contribution is 0.0993. The average molecular weight is 252 g/mol. The number of rotatable bonds is 4. The van der Waals surface area contributed by atoms with Crippen molar-refractivity contribution >= 4 is 27.6 Å². The van der Waals surface area contributed by atoms with Crippen LogP contribution in [0.25, 0.3) is 11.0 Å². The molecule has 0 bridgehead atoms. The molecule has 1 aromatic carbocycles. The maximum Gasteiger partial charge on any atom is 0.210 e. The van der Waals surface area contributed by atoms with Gasteiger partial charge in [-0.25, -0.2) is 0 Å². The van der Waals surface area contributed by atoms with Gasteiger partial charge in [0.25, 0.3) is 0 Å². The molecule has 1 unspecified atom stereocenters. The van der Waals surface area contributed by atoms with Crippen molar-refractivity contribution < 1.29 is 18.2 Å². The van der Waals surface area contributed by atoms with Crippen LogP contribution in [0.15, 0.2) is 28.7 Å².